The third kappa shape index (κ3) is 3.41. The first-order valence-electron chi connectivity index (χ1n) is 5.89. The number of carboxylic acids is 1. The third-order valence-electron chi connectivity index (χ3n) is 2.83. The van der Waals surface area contributed by atoms with Crippen LogP contribution in [0.4, 0.5) is 4.39 Å². The first-order valence-corrected chi connectivity index (χ1v) is 6.27. The summed E-state index contributed by atoms with van der Waals surface area (Å²) in [6.07, 6.45) is 0.994. The predicted molar refractivity (Wildman–Crippen MR) is 72.9 cm³/mol. The smallest absolute Gasteiger partial charge is 0.338 e. The molecule has 1 aromatic carbocycles. The average Bonchev–Trinajstić information content (AvgIpc) is 2.90. The van der Waals surface area contributed by atoms with Crippen molar-refractivity contribution < 1.29 is 23.5 Å². The van der Waals surface area contributed by atoms with Crippen LogP contribution in [-0.2, 0) is 6.54 Å². The van der Waals surface area contributed by atoms with E-state index in [0.29, 0.717) is 5.56 Å². The van der Waals surface area contributed by atoms with Gasteiger partial charge in [0, 0.05) is 24.7 Å². The quantitative estimate of drug-likeness (QED) is 0.942. The van der Waals surface area contributed by atoms with Gasteiger partial charge in [-0.1, -0.05) is 17.7 Å². The van der Waals surface area contributed by atoms with Gasteiger partial charge < -0.3 is 14.4 Å². The monoisotopic (exact) mass is 311 g/mol. The number of carbonyl (C=O) groups excluding carboxylic acids is 1. The largest absolute Gasteiger partial charge is 0.478 e. The van der Waals surface area contributed by atoms with Gasteiger partial charge in [0.25, 0.3) is 5.91 Å². The van der Waals surface area contributed by atoms with Crippen molar-refractivity contribution in [2.75, 3.05) is 7.05 Å². The van der Waals surface area contributed by atoms with Crippen LogP contribution in [0, 0.1) is 5.82 Å². The Labute approximate surface area is 124 Å². The molecule has 7 heteroatoms. The Kier molecular flexibility index (Phi) is 4.28. The van der Waals surface area contributed by atoms with E-state index in [2.05, 4.69) is 0 Å². The molecule has 0 atom stereocenters. The SMILES string of the molecule is CN(Cc1ccc(F)cc1Cl)C(=O)c1cc(C(=O)O)co1. The molecule has 2 aromatic rings. The summed E-state index contributed by atoms with van der Waals surface area (Å²) in [4.78, 5) is 24.1. The molecule has 0 saturated heterocycles. The minimum Gasteiger partial charge on any atom is -0.478 e. The molecular formula is C14H11ClFNO4. The molecule has 1 N–H and O–H groups in total. The van der Waals surface area contributed by atoms with Crippen LogP contribution in [0.15, 0.2) is 34.9 Å². The Morgan fingerprint density at radius 3 is 2.67 bits per heavy atom. The second-order valence-electron chi connectivity index (χ2n) is 4.40. The third-order valence-corrected chi connectivity index (χ3v) is 3.18. The maximum absolute atomic E-state index is 13.0. The van der Waals surface area contributed by atoms with Crippen LogP contribution in [-0.4, -0.2) is 28.9 Å². The van der Waals surface area contributed by atoms with E-state index in [9.17, 15) is 14.0 Å². The summed E-state index contributed by atoms with van der Waals surface area (Å²) in [6, 6.07) is 5.03. The number of halogens is 2. The fourth-order valence-electron chi connectivity index (χ4n) is 1.73. The van der Waals surface area contributed by atoms with Crippen LogP contribution in [0.5, 0.6) is 0 Å². The number of hydrogen-bond acceptors (Lipinski definition) is 3. The highest BCUT2D eigenvalue weighted by Gasteiger charge is 2.19. The maximum Gasteiger partial charge on any atom is 0.338 e. The zero-order chi connectivity index (χ0) is 15.6. The van der Waals surface area contributed by atoms with Crippen molar-refractivity contribution >= 4 is 23.5 Å². The van der Waals surface area contributed by atoms with Gasteiger partial charge in [-0.15, -0.1) is 0 Å². The van der Waals surface area contributed by atoms with Gasteiger partial charge in [-0.2, -0.15) is 0 Å². The van der Waals surface area contributed by atoms with E-state index in [1.54, 1.807) is 0 Å². The number of carboxylic acid groups (broad SMARTS) is 1. The lowest BCUT2D eigenvalue weighted by molar-refractivity contribution is 0.0695. The zero-order valence-corrected chi connectivity index (χ0v) is 11.7. The fraction of sp³-hybridized carbons (Fsp3) is 0.143. The molecule has 0 aliphatic rings. The molecule has 0 aliphatic heterocycles. The summed E-state index contributed by atoms with van der Waals surface area (Å²) in [5, 5.41) is 8.99. The number of benzene rings is 1. The molecule has 0 aliphatic carbocycles. The molecule has 21 heavy (non-hydrogen) atoms. The number of nitrogens with zero attached hydrogens (tertiary/aromatic N) is 1. The van der Waals surface area contributed by atoms with Crippen LogP contribution in [0.2, 0.25) is 5.02 Å². The van der Waals surface area contributed by atoms with Gasteiger partial charge >= 0.3 is 5.97 Å². The topological polar surface area (TPSA) is 70.8 Å². The Balaban J connectivity index is 2.13. The van der Waals surface area contributed by atoms with Gasteiger partial charge in [0.05, 0.1) is 5.56 Å². The fourth-order valence-corrected chi connectivity index (χ4v) is 1.95. The minimum absolute atomic E-state index is 0.0897. The van der Waals surface area contributed by atoms with Crippen LogP contribution < -0.4 is 0 Å². The van der Waals surface area contributed by atoms with Gasteiger partial charge in [0.1, 0.15) is 12.1 Å². The van der Waals surface area contributed by atoms with E-state index in [0.717, 1.165) is 18.4 Å². The molecule has 0 saturated carbocycles. The standard InChI is InChI=1S/C14H11ClFNO4/c1-17(6-8-2-3-10(16)5-11(8)15)13(18)12-4-9(7-21-12)14(19)20/h2-5,7H,6H2,1H3,(H,19,20). The second kappa shape index (κ2) is 5.97. The van der Waals surface area contributed by atoms with Gasteiger partial charge in [0.2, 0.25) is 0 Å². The highest BCUT2D eigenvalue weighted by Crippen LogP contribution is 2.20. The highest BCUT2D eigenvalue weighted by atomic mass is 35.5. The molecule has 5 nitrogen and oxygen atoms in total. The summed E-state index contributed by atoms with van der Waals surface area (Å²) in [5.74, 6) is -2.23. The summed E-state index contributed by atoms with van der Waals surface area (Å²) < 4.78 is 17.9. The van der Waals surface area contributed by atoms with Crippen molar-refractivity contribution in [2.45, 2.75) is 6.54 Å². The van der Waals surface area contributed by atoms with Crippen molar-refractivity contribution in [3.63, 3.8) is 0 Å². The van der Waals surface area contributed by atoms with Gasteiger partial charge in [-0.25, -0.2) is 9.18 Å². The van der Waals surface area contributed by atoms with Crippen molar-refractivity contribution in [1.82, 2.24) is 4.90 Å². The maximum atomic E-state index is 13.0. The summed E-state index contributed by atoms with van der Waals surface area (Å²) in [7, 11) is 1.50. The number of carbonyl (C=O) groups is 2. The molecule has 0 fully saturated rings. The normalized spacial score (nSPS) is 10.4. The average molecular weight is 312 g/mol. The number of amides is 1. The van der Waals surface area contributed by atoms with E-state index in [1.165, 1.54) is 24.1 Å². The molecule has 0 radical (unpaired) electrons. The van der Waals surface area contributed by atoms with Gasteiger partial charge in [0.15, 0.2) is 5.76 Å². The Bertz CT molecular complexity index is 698. The number of hydrogen-bond donors (Lipinski definition) is 1. The summed E-state index contributed by atoms with van der Waals surface area (Å²) >= 11 is 5.89. The van der Waals surface area contributed by atoms with E-state index < -0.39 is 17.7 Å². The lowest BCUT2D eigenvalue weighted by Crippen LogP contribution is -2.26. The van der Waals surface area contributed by atoms with E-state index >= 15 is 0 Å². The molecule has 1 aromatic heterocycles. The number of furan rings is 1. The van der Waals surface area contributed by atoms with Crippen LogP contribution in [0.3, 0.4) is 0 Å². The molecule has 0 bridgehead atoms. The van der Waals surface area contributed by atoms with Crippen LogP contribution in [0.25, 0.3) is 0 Å². The molecule has 2 rings (SSSR count). The van der Waals surface area contributed by atoms with E-state index in [1.807, 2.05) is 0 Å². The molecule has 1 heterocycles. The Hall–Kier alpha value is -2.34. The van der Waals surface area contributed by atoms with Crippen molar-refractivity contribution in [2.24, 2.45) is 0 Å². The zero-order valence-electron chi connectivity index (χ0n) is 11.0. The molecule has 110 valence electrons. The second-order valence-corrected chi connectivity index (χ2v) is 4.81. The van der Waals surface area contributed by atoms with Crippen molar-refractivity contribution in [1.29, 1.82) is 0 Å². The lowest BCUT2D eigenvalue weighted by atomic mass is 10.2. The van der Waals surface area contributed by atoms with Gasteiger partial charge in [-0.05, 0) is 17.7 Å². The van der Waals surface area contributed by atoms with Gasteiger partial charge in [-0.3, -0.25) is 4.79 Å². The Morgan fingerprint density at radius 2 is 2.10 bits per heavy atom. The first-order chi connectivity index (χ1) is 9.88. The van der Waals surface area contributed by atoms with Crippen LogP contribution in [0.1, 0.15) is 26.5 Å². The van der Waals surface area contributed by atoms with E-state index in [-0.39, 0.29) is 22.9 Å². The Morgan fingerprint density at radius 1 is 1.38 bits per heavy atom. The van der Waals surface area contributed by atoms with Crippen molar-refractivity contribution in [3.8, 4) is 0 Å². The lowest BCUT2D eigenvalue weighted by Gasteiger charge is -2.16. The van der Waals surface area contributed by atoms with E-state index in [4.69, 9.17) is 21.1 Å². The highest BCUT2D eigenvalue weighted by molar-refractivity contribution is 6.31. The first kappa shape index (κ1) is 15.1. The summed E-state index contributed by atoms with van der Waals surface area (Å²) in [6.45, 7) is 0.140. The molecular weight excluding hydrogens is 301 g/mol. The van der Waals surface area contributed by atoms with Crippen molar-refractivity contribution in [3.05, 3.63) is 58.3 Å². The van der Waals surface area contributed by atoms with Crippen LogP contribution >= 0.6 is 11.6 Å². The molecule has 0 unspecified atom stereocenters. The molecule has 1 amide bonds. The number of aromatic carboxylic acids is 1. The minimum atomic E-state index is -1.18. The number of rotatable bonds is 4. The molecule has 0 spiro atoms. The summed E-state index contributed by atoms with van der Waals surface area (Å²) in [5.41, 5.74) is 0.463. The predicted octanol–water partition coefficient (Wildman–Crippen LogP) is 3.04.